The molecule has 1 aliphatic rings. The summed E-state index contributed by atoms with van der Waals surface area (Å²) >= 11 is 19.7. The van der Waals surface area contributed by atoms with E-state index in [0.717, 1.165) is 47.7 Å². The zero-order chi connectivity index (χ0) is 22.2. The third-order valence-corrected chi connectivity index (χ3v) is 7.16. The maximum Gasteiger partial charge on any atom is 0.268 e. The van der Waals surface area contributed by atoms with Crippen LogP contribution in [0.15, 0.2) is 54.0 Å². The smallest absolute Gasteiger partial charge is 0.268 e. The van der Waals surface area contributed by atoms with Gasteiger partial charge >= 0.3 is 0 Å². The lowest BCUT2D eigenvalue weighted by Gasteiger charge is -2.01. The van der Waals surface area contributed by atoms with Crippen molar-refractivity contribution in [1.82, 2.24) is 9.55 Å². The number of halogens is 4. The molecule has 2 aromatic heterocycles. The van der Waals surface area contributed by atoms with Crippen LogP contribution in [0.3, 0.4) is 0 Å². The molecule has 10 heteroatoms. The molecule has 5 nitrogen and oxygen atoms in total. The highest BCUT2D eigenvalue weighted by atomic mass is 35.5. The van der Waals surface area contributed by atoms with Crippen molar-refractivity contribution in [2.45, 2.75) is 25.9 Å². The summed E-state index contributed by atoms with van der Waals surface area (Å²) in [5, 5.41) is 7.13. The Morgan fingerprint density at radius 3 is 2.61 bits per heavy atom. The summed E-state index contributed by atoms with van der Waals surface area (Å²) in [7, 11) is 0. The predicted molar refractivity (Wildman–Crippen MR) is 130 cm³/mol. The fourth-order valence-electron chi connectivity index (χ4n) is 3.93. The predicted octanol–water partition coefficient (Wildman–Crippen LogP) is 3.12. The number of fused-ring (bicyclic) bond motifs is 1. The molecular formula is C23H18Cl4N4OS. The second kappa shape index (κ2) is 10.0. The molecular weight excluding hydrogens is 522 g/mol. The summed E-state index contributed by atoms with van der Waals surface area (Å²) < 4.78 is 4.25. The van der Waals surface area contributed by atoms with Crippen LogP contribution in [0.4, 0.5) is 5.13 Å². The van der Waals surface area contributed by atoms with Gasteiger partial charge in [0.25, 0.3) is 11.7 Å². The van der Waals surface area contributed by atoms with E-state index in [1.54, 1.807) is 6.07 Å². The topological polar surface area (TPSA) is 50.8 Å². The van der Waals surface area contributed by atoms with Gasteiger partial charge in [0.15, 0.2) is 17.4 Å². The number of anilines is 1. The van der Waals surface area contributed by atoms with E-state index < -0.39 is 0 Å². The number of nitrogens with one attached hydrogen (secondary N) is 1. The molecule has 0 bridgehead atoms. The normalized spacial score (nSPS) is 12.3. The summed E-state index contributed by atoms with van der Waals surface area (Å²) in [6, 6.07) is 13.1. The van der Waals surface area contributed by atoms with Crippen LogP contribution in [-0.4, -0.2) is 15.5 Å². The number of hydrogen-bond donors (Lipinski definition) is 1. The Hall–Kier alpha value is -2.09. The Labute approximate surface area is 216 Å². The van der Waals surface area contributed by atoms with Crippen LogP contribution >= 0.6 is 46.1 Å². The van der Waals surface area contributed by atoms with Crippen molar-refractivity contribution in [3.8, 4) is 22.5 Å². The van der Waals surface area contributed by atoms with E-state index in [9.17, 15) is 4.79 Å². The molecule has 33 heavy (non-hydrogen) atoms. The fraction of sp³-hybridized carbons (Fsp3) is 0.174. The van der Waals surface area contributed by atoms with Crippen LogP contribution in [0.5, 0.6) is 0 Å². The van der Waals surface area contributed by atoms with Gasteiger partial charge in [-0.25, -0.2) is 14.1 Å². The molecule has 5 rings (SSSR count). The zero-order valence-electron chi connectivity index (χ0n) is 17.2. The van der Waals surface area contributed by atoms with Crippen molar-refractivity contribution in [1.29, 1.82) is 0 Å². The van der Waals surface area contributed by atoms with E-state index in [1.807, 2.05) is 52.5 Å². The summed E-state index contributed by atoms with van der Waals surface area (Å²) in [6.07, 6.45) is 3.98. The summed E-state index contributed by atoms with van der Waals surface area (Å²) in [6.45, 7) is 1.13. The molecule has 3 heterocycles. The van der Waals surface area contributed by atoms with Crippen LogP contribution in [0, 0.1) is 0 Å². The number of carbonyl (C=O) groups is 1. The highest BCUT2D eigenvalue weighted by Gasteiger charge is 2.30. The average molecular weight is 540 g/mol. The van der Waals surface area contributed by atoms with Gasteiger partial charge in [0, 0.05) is 21.5 Å². The Balaban J connectivity index is 0.00000259. The quantitative estimate of drug-likeness (QED) is 0.396. The third kappa shape index (κ3) is 5.05. The first-order chi connectivity index (χ1) is 15.5. The van der Waals surface area contributed by atoms with Gasteiger partial charge in [-0.05, 0) is 36.8 Å². The number of aromatic nitrogens is 3. The zero-order valence-corrected chi connectivity index (χ0v) is 21.0. The van der Waals surface area contributed by atoms with Crippen LogP contribution < -0.4 is 22.3 Å². The van der Waals surface area contributed by atoms with E-state index in [-0.39, 0.29) is 24.9 Å². The minimum Gasteiger partial charge on any atom is -1.00 e. The molecule has 0 spiro atoms. The number of amides is 1. The minimum absolute atomic E-state index is 0. The van der Waals surface area contributed by atoms with Gasteiger partial charge in [0.1, 0.15) is 6.20 Å². The molecule has 0 radical (unpaired) electrons. The van der Waals surface area contributed by atoms with Crippen LogP contribution in [0.1, 0.15) is 12.2 Å². The third-order valence-electron chi connectivity index (χ3n) is 5.41. The summed E-state index contributed by atoms with van der Waals surface area (Å²) in [5.74, 6) is 1.01. The molecule has 0 atom stereocenters. The second-order valence-corrected chi connectivity index (χ2v) is 9.64. The maximum absolute atomic E-state index is 12.8. The summed E-state index contributed by atoms with van der Waals surface area (Å²) in [4.78, 5) is 17.3. The first-order valence-corrected chi connectivity index (χ1v) is 12.1. The Bertz CT molecular complexity index is 1320. The number of imidazole rings is 1. The lowest BCUT2D eigenvalue weighted by atomic mass is 10.1. The largest absolute Gasteiger partial charge is 1.00 e. The first kappa shape index (κ1) is 24.0. The average Bonchev–Trinajstić information content (AvgIpc) is 3.49. The molecule has 0 fully saturated rings. The van der Waals surface area contributed by atoms with E-state index >= 15 is 0 Å². The number of nitrogens with zero attached hydrogens (tertiary/aromatic N) is 3. The van der Waals surface area contributed by atoms with Crippen molar-refractivity contribution < 1.29 is 21.8 Å². The van der Waals surface area contributed by atoms with Crippen molar-refractivity contribution in [2.75, 3.05) is 5.32 Å². The van der Waals surface area contributed by atoms with Crippen LogP contribution in [0.25, 0.3) is 22.5 Å². The molecule has 0 aliphatic carbocycles. The molecule has 2 aromatic carbocycles. The SMILES string of the molecule is O=C(C[n+]1cc(-c2ccc(Cl)c(Cl)c2)n2c1CCC2)Nc1nc(-c2ccc(Cl)cc2)cs1.[Cl-]. The first-order valence-electron chi connectivity index (χ1n) is 10.1. The molecule has 4 aromatic rings. The van der Waals surface area contributed by atoms with E-state index in [1.165, 1.54) is 11.3 Å². The van der Waals surface area contributed by atoms with E-state index in [0.29, 0.717) is 20.2 Å². The molecule has 170 valence electrons. The standard InChI is InChI=1S/C23H17Cl3N4OS.ClH/c24-16-6-3-14(4-7-16)19-13-32-23(27-19)28-21(31)12-29-11-20(30-9-1-2-22(29)30)15-5-8-17(25)18(26)10-15;/h3-8,10-11,13H,1-2,9,12H2;1H. The minimum atomic E-state index is -0.118. The Morgan fingerprint density at radius 2 is 1.85 bits per heavy atom. The van der Waals surface area contributed by atoms with Crippen molar-refractivity contribution >= 4 is 57.2 Å². The number of hydrogen-bond acceptors (Lipinski definition) is 3. The summed E-state index contributed by atoms with van der Waals surface area (Å²) in [5.41, 5.74) is 3.77. The van der Waals surface area contributed by atoms with E-state index in [4.69, 9.17) is 34.8 Å². The Morgan fingerprint density at radius 1 is 1.09 bits per heavy atom. The highest BCUT2D eigenvalue weighted by molar-refractivity contribution is 7.14. The maximum atomic E-state index is 12.8. The van der Waals surface area contributed by atoms with E-state index in [2.05, 4.69) is 14.9 Å². The molecule has 1 aliphatic heterocycles. The fourth-order valence-corrected chi connectivity index (χ4v) is 5.09. The van der Waals surface area contributed by atoms with Crippen molar-refractivity contribution in [3.05, 3.63) is 74.9 Å². The van der Waals surface area contributed by atoms with Gasteiger partial charge in [-0.15, -0.1) is 11.3 Å². The second-order valence-electron chi connectivity index (χ2n) is 7.54. The number of rotatable bonds is 5. The van der Waals surface area contributed by atoms with Gasteiger partial charge in [0.2, 0.25) is 0 Å². The van der Waals surface area contributed by atoms with Crippen molar-refractivity contribution in [2.24, 2.45) is 0 Å². The van der Waals surface area contributed by atoms with Gasteiger partial charge in [0.05, 0.1) is 28.7 Å². The van der Waals surface area contributed by atoms with Gasteiger partial charge in [-0.3, -0.25) is 10.1 Å². The van der Waals surface area contributed by atoms with Crippen LogP contribution in [0.2, 0.25) is 15.1 Å². The molecule has 0 unspecified atom stereocenters. The molecule has 0 saturated heterocycles. The molecule has 1 N–H and O–H groups in total. The number of carbonyl (C=O) groups excluding carboxylic acids is 1. The number of benzene rings is 2. The highest BCUT2D eigenvalue weighted by Crippen LogP contribution is 2.31. The van der Waals surface area contributed by atoms with Gasteiger partial charge in [-0.2, -0.15) is 0 Å². The lowest BCUT2D eigenvalue weighted by molar-refractivity contribution is -0.690. The van der Waals surface area contributed by atoms with Gasteiger partial charge in [-0.1, -0.05) is 46.9 Å². The lowest BCUT2D eigenvalue weighted by Crippen LogP contribution is -3.00. The van der Waals surface area contributed by atoms with Crippen LogP contribution in [-0.2, 0) is 24.3 Å². The molecule has 0 saturated carbocycles. The van der Waals surface area contributed by atoms with Gasteiger partial charge < -0.3 is 12.4 Å². The molecule has 1 amide bonds. The Kier molecular flexibility index (Phi) is 7.31. The number of thiazole rings is 1. The monoisotopic (exact) mass is 538 g/mol. The van der Waals surface area contributed by atoms with Crippen molar-refractivity contribution in [3.63, 3.8) is 0 Å².